The van der Waals surface area contributed by atoms with Crippen LogP contribution >= 0.6 is 34.5 Å². The minimum Gasteiger partial charge on any atom is -0.503 e. The largest absolute Gasteiger partial charge is 0.503 e. The Labute approximate surface area is 180 Å². The summed E-state index contributed by atoms with van der Waals surface area (Å²) in [5.74, 6) is -1.57. The molecule has 0 spiro atoms. The number of thiophene rings is 1. The van der Waals surface area contributed by atoms with Gasteiger partial charge in [-0.15, -0.1) is 11.3 Å². The first-order valence-electron chi connectivity index (χ1n) is 8.63. The summed E-state index contributed by atoms with van der Waals surface area (Å²) in [6.07, 6.45) is 3.27. The second-order valence-electron chi connectivity index (χ2n) is 6.44. The molecule has 1 aliphatic heterocycles. The Bertz CT molecular complexity index is 1110. The third kappa shape index (κ3) is 3.67. The SMILES string of the molecule is O=C(C1=C(O)C(=O)N(Cc2cccnc2)C1c1ccc(Cl)c(Cl)c1)c1cccs1. The van der Waals surface area contributed by atoms with Gasteiger partial charge in [0, 0.05) is 18.9 Å². The first-order valence-corrected chi connectivity index (χ1v) is 10.3. The van der Waals surface area contributed by atoms with Gasteiger partial charge in [-0.3, -0.25) is 14.6 Å². The van der Waals surface area contributed by atoms with Gasteiger partial charge in [0.15, 0.2) is 5.76 Å². The molecule has 3 heterocycles. The number of halogens is 2. The fourth-order valence-electron chi connectivity index (χ4n) is 3.31. The number of hydrogen-bond donors (Lipinski definition) is 1. The molecule has 0 aliphatic carbocycles. The van der Waals surface area contributed by atoms with Crippen molar-refractivity contribution < 1.29 is 14.7 Å². The van der Waals surface area contributed by atoms with E-state index in [0.717, 1.165) is 5.56 Å². The Balaban J connectivity index is 1.82. The van der Waals surface area contributed by atoms with Crippen LogP contribution in [0.4, 0.5) is 0 Å². The van der Waals surface area contributed by atoms with Crippen molar-refractivity contribution in [3.05, 3.63) is 97.6 Å². The Morgan fingerprint density at radius 2 is 2.00 bits per heavy atom. The monoisotopic (exact) mass is 444 g/mol. The van der Waals surface area contributed by atoms with E-state index in [-0.39, 0.29) is 12.1 Å². The van der Waals surface area contributed by atoms with Crippen molar-refractivity contribution in [2.24, 2.45) is 0 Å². The predicted molar refractivity (Wildman–Crippen MR) is 112 cm³/mol. The molecule has 146 valence electrons. The molecule has 1 N–H and O–H groups in total. The molecule has 1 unspecified atom stereocenters. The topological polar surface area (TPSA) is 70.5 Å². The number of benzene rings is 1. The lowest BCUT2D eigenvalue weighted by molar-refractivity contribution is -0.130. The molecule has 29 heavy (non-hydrogen) atoms. The summed E-state index contributed by atoms with van der Waals surface area (Å²) in [6.45, 7) is 0.170. The number of carbonyl (C=O) groups excluding carboxylic acids is 2. The smallest absolute Gasteiger partial charge is 0.290 e. The molecule has 2 aromatic heterocycles. The molecule has 0 fully saturated rings. The van der Waals surface area contributed by atoms with Crippen LogP contribution in [0, 0.1) is 0 Å². The number of aliphatic hydroxyl groups excluding tert-OH is 1. The van der Waals surface area contributed by atoms with Crippen molar-refractivity contribution in [1.82, 2.24) is 9.88 Å². The highest BCUT2D eigenvalue weighted by atomic mass is 35.5. The molecule has 0 saturated heterocycles. The van der Waals surface area contributed by atoms with Crippen LogP contribution in [0.5, 0.6) is 0 Å². The van der Waals surface area contributed by atoms with Crippen molar-refractivity contribution in [2.45, 2.75) is 12.6 Å². The Kier molecular flexibility index (Phi) is 5.41. The van der Waals surface area contributed by atoms with E-state index in [1.54, 1.807) is 54.2 Å². The summed E-state index contributed by atoms with van der Waals surface area (Å²) < 4.78 is 0. The maximum Gasteiger partial charge on any atom is 0.290 e. The van der Waals surface area contributed by atoms with Crippen molar-refractivity contribution in [1.29, 1.82) is 0 Å². The lowest BCUT2D eigenvalue weighted by atomic mass is 9.95. The van der Waals surface area contributed by atoms with Crippen LogP contribution in [0.25, 0.3) is 0 Å². The molecule has 0 saturated carbocycles. The molecule has 8 heteroatoms. The van der Waals surface area contributed by atoms with Crippen LogP contribution in [0.2, 0.25) is 10.0 Å². The molecule has 4 rings (SSSR count). The Morgan fingerprint density at radius 3 is 2.66 bits per heavy atom. The fraction of sp³-hybridized carbons (Fsp3) is 0.0952. The molecule has 1 atom stereocenters. The van der Waals surface area contributed by atoms with Crippen molar-refractivity contribution >= 4 is 46.2 Å². The van der Waals surface area contributed by atoms with E-state index in [1.807, 2.05) is 6.07 Å². The zero-order valence-electron chi connectivity index (χ0n) is 14.9. The van der Waals surface area contributed by atoms with Crippen LogP contribution in [0.3, 0.4) is 0 Å². The lowest BCUT2D eigenvalue weighted by Crippen LogP contribution is -2.30. The van der Waals surface area contributed by atoms with Crippen LogP contribution in [0.15, 0.2) is 71.6 Å². The third-order valence-electron chi connectivity index (χ3n) is 4.63. The quantitative estimate of drug-likeness (QED) is 0.546. The van der Waals surface area contributed by atoms with Gasteiger partial charge in [0.2, 0.25) is 5.78 Å². The highest BCUT2D eigenvalue weighted by molar-refractivity contribution is 7.12. The molecule has 5 nitrogen and oxygen atoms in total. The van der Waals surface area contributed by atoms with Gasteiger partial charge >= 0.3 is 0 Å². The summed E-state index contributed by atoms with van der Waals surface area (Å²) in [4.78, 5) is 32.0. The van der Waals surface area contributed by atoms with Gasteiger partial charge in [-0.2, -0.15) is 0 Å². The van der Waals surface area contributed by atoms with Crippen LogP contribution in [-0.2, 0) is 11.3 Å². The molecule has 1 aromatic carbocycles. The highest BCUT2D eigenvalue weighted by Crippen LogP contribution is 2.41. The van der Waals surface area contributed by atoms with Gasteiger partial charge in [0.25, 0.3) is 5.91 Å². The normalized spacial score (nSPS) is 16.6. The molecule has 1 amide bonds. The Hall–Kier alpha value is -2.67. The van der Waals surface area contributed by atoms with Crippen LogP contribution < -0.4 is 0 Å². The molecular weight excluding hydrogens is 431 g/mol. The second-order valence-corrected chi connectivity index (χ2v) is 8.20. The van der Waals surface area contributed by atoms with Crippen molar-refractivity contribution in [3.8, 4) is 0 Å². The van der Waals surface area contributed by atoms with Gasteiger partial charge in [-0.05, 0) is 40.8 Å². The van der Waals surface area contributed by atoms with Gasteiger partial charge in [-0.25, -0.2) is 0 Å². The number of hydrogen-bond acceptors (Lipinski definition) is 5. The molecule has 0 bridgehead atoms. The molecule has 0 radical (unpaired) electrons. The van der Waals surface area contributed by atoms with Crippen LogP contribution in [0.1, 0.15) is 26.8 Å². The van der Waals surface area contributed by atoms with Gasteiger partial charge < -0.3 is 10.0 Å². The zero-order chi connectivity index (χ0) is 20.5. The number of carbonyl (C=O) groups is 2. The fourth-order valence-corrected chi connectivity index (χ4v) is 4.29. The maximum absolute atomic E-state index is 13.1. The van der Waals surface area contributed by atoms with Crippen molar-refractivity contribution in [3.63, 3.8) is 0 Å². The number of rotatable bonds is 5. The van der Waals surface area contributed by atoms with Gasteiger partial charge in [0.05, 0.1) is 26.5 Å². The van der Waals surface area contributed by atoms with E-state index in [1.165, 1.54) is 16.2 Å². The average Bonchev–Trinajstić information content (AvgIpc) is 3.34. The number of ketones is 1. The number of Topliss-reactive ketones (excluding diaryl/α,β-unsaturated/α-hetero) is 1. The second kappa shape index (κ2) is 7.99. The Morgan fingerprint density at radius 1 is 1.17 bits per heavy atom. The molecule has 1 aliphatic rings. The minimum absolute atomic E-state index is 0.0275. The first kappa shape index (κ1) is 19.6. The number of nitrogens with zero attached hydrogens (tertiary/aromatic N) is 2. The summed E-state index contributed by atoms with van der Waals surface area (Å²) in [5, 5.41) is 13.1. The third-order valence-corrected chi connectivity index (χ3v) is 6.24. The predicted octanol–water partition coefficient (Wildman–Crippen LogP) is 5.23. The van der Waals surface area contributed by atoms with E-state index < -0.39 is 23.5 Å². The van der Waals surface area contributed by atoms with Crippen LogP contribution in [-0.4, -0.2) is 26.7 Å². The summed E-state index contributed by atoms with van der Waals surface area (Å²) >= 11 is 13.5. The maximum atomic E-state index is 13.1. The molecular formula is C21H14Cl2N2O3S. The van der Waals surface area contributed by atoms with E-state index in [9.17, 15) is 14.7 Å². The number of amides is 1. The summed E-state index contributed by atoms with van der Waals surface area (Å²) in [5.41, 5.74) is 1.38. The number of pyridine rings is 1. The average molecular weight is 445 g/mol. The first-order chi connectivity index (χ1) is 14.0. The molecule has 3 aromatic rings. The van der Waals surface area contributed by atoms with E-state index in [2.05, 4.69) is 4.98 Å². The standard InChI is InChI=1S/C21H14Cl2N2O3S/c22-14-6-5-13(9-15(14)23)18-17(19(26)16-4-2-8-29-16)20(27)21(28)25(18)11-12-3-1-7-24-10-12/h1-10,18,27H,11H2. The number of aromatic nitrogens is 1. The number of aliphatic hydroxyl groups is 1. The van der Waals surface area contributed by atoms with E-state index >= 15 is 0 Å². The minimum atomic E-state index is -0.799. The van der Waals surface area contributed by atoms with E-state index in [0.29, 0.717) is 20.5 Å². The highest BCUT2D eigenvalue weighted by Gasteiger charge is 2.44. The zero-order valence-corrected chi connectivity index (χ0v) is 17.2. The lowest BCUT2D eigenvalue weighted by Gasteiger charge is -2.27. The van der Waals surface area contributed by atoms with Crippen molar-refractivity contribution in [2.75, 3.05) is 0 Å². The summed E-state index contributed by atoms with van der Waals surface area (Å²) in [6, 6.07) is 11.1. The summed E-state index contributed by atoms with van der Waals surface area (Å²) in [7, 11) is 0. The van der Waals surface area contributed by atoms with E-state index in [4.69, 9.17) is 23.2 Å². The van der Waals surface area contributed by atoms with Gasteiger partial charge in [-0.1, -0.05) is 41.4 Å². The van der Waals surface area contributed by atoms with Gasteiger partial charge in [0.1, 0.15) is 0 Å².